The van der Waals surface area contributed by atoms with Gasteiger partial charge in [0, 0.05) is 5.56 Å². The number of hydrogen-bond acceptors (Lipinski definition) is 5. The number of hydrogen-bond donors (Lipinski definition) is 0. The highest BCUT2D eigenvalue weighted by molar-refractivity contribution is 7.08. The van der Waals surface area contributed by atoms with Gasteiger partial charge in [-0.3, -0.25) is 0 Å². The third kappa shape index (κ3) is 2.68. The number of carbonyl (C=O) groups is 1. The van der Waals surface area contributed by atoms with Gasteiger partial charge in [0.05, 0.1) is 6.61 Å². The van der Waals surface area contributed by atoms with Crippen LogP contribution >= 0.6 is 11.5 Å². The Morgan fingerprint density at radius 3 is 2.82 bits per heavy atom. The Balaban J connectivity index is 2.26. The number of rotatable bonds is 4. The van der Waals surface area contributed by atoms with E-state index >= 15 is 0 Å². The Morgan fingerprint density at radius 2 is 2.12 bits per heavy atom. The molecule has 2 rings (SSSR count). The van der Waals surface area contributed by atoms with Gasteiger partial charge in [0.25, 0.3) is 0 Å². The number of benzene rings is 1. The van der Waals surface area contributed by atoms with Gasteiger partial charge in [0.2, 0.25) is 0 Å². The van der Waals surface area contributed by atoms with Gasteiger partial charge in [0.1, 0.15) is 5.69 Å². The van der Waals surface area contributed by atoms with Gasteiger partial charge >= 0.3 is 5.97 Å². The van der Waals surface area contributed by atoms with E-state index in [4.69, 9.17) is 4.74 Å². The third-order valence-electron chi connectivity index (χ3n) is 2.16. The van der Waals surface area contributed by atoms with E-state index < -0.39 is 0 Å². The van der Waals surface area contributed by atoms with Crippen LogP contribution in [-0.2, 0) is 4.74 Å². The fraction of sp³-hybridized carbons (Fsp3) is 0.250. The van der Waals surface area contributed by atoms with Crippen LogP contribution in [0.2, 0.25) is 0 Å². The highest BCUT2D eigenvalue weighted by atomic mass is 32.1. The molecular weight excluding hydrogens is 236 g/mol. The molecule has 1 aromatic heterocycles. The van der Waals surface area contributed by atoms with Crippen LogP contribution < -0.4 is 0 Å². The molecular formula is C12H12N2O2S. The molecule has 17 heavy (non-hydrogen) atoms. The first-order valence-electron chi connectivity index (χ1n) is 5.38. The second kappa shape index (κ2) is 5.54. The smallest absolute Gasteiger partial charge is 0.352 e. The Morgan fingerprint density at radius 1 is 1.35 bits per heavy atom. The minimum absolute atomic E-state index is 0.347. The molecule has 0 atom stereocenters. The molecule has 0 radical (unpaired) electrons. The molecule has 0 fully saturated rings. The normalized spacial score (nSPS) is 10.2. The van der Waals surface area contributed by atoms with Gasteiger partial charge < -0.3 is 4.74 Å². The van der Waals surface area contributed by atoms with Crippen LogP contribution in [0.1, 0.15) is 23.0 Å². The summed E-state index contributed by atoms with van der Waals surface area (Å²) in [7, 11) is 0. The van der Waals surface area contributed by atoms with Crippen LogP contribution in [0.5, 0.6) is 0 Å². The largest absolute Gasteiger partial charge is 0.461 e. The first kappa shape index (κ1) is 11.7. The van der Waals surface area contributed by atoms with Crippen molar-refractivity contribution in [1.29, 1.82) is 0 Å². The zero-order valence-electron chi connectivity index (χ0n) is 9.42. The van der Waals surface area contributed by atoms with Crippen LogP contribution in [0.3, 0.4) is 0 Å². The summed E-state index contributed by atoms with van der Waals surface area (Å²) in [6.45, 7) is 2.38. The highest BCUT2D eigenvalue weighted by Gasteiger charge is 2.18. The second-order valence-corrected chi connectivity index (χ2v) is 4.21. The molecule has 0 amide bonds. The van der Waals surface area contributed by atoms with Crippen molar-refractivity contribution >= 4 is 17.5 Å². The average Bonchev–Trinajstić information content (AvgIpc) is 2.86. The van der Waals surface area contributed by atoms with Gasteiger partial charge in [-0.2, -0.15) is 0 Å². The maximum atomic E-state index is 11.8. The Bertz CT molecular complexity index is 496. The van der Waals surface area contributed by atoms with Crippen LogP contribution in [-0.4, -0.2) is 22.2 Å². The van der Waals surface area contributed by atoms with Crippen LogP contribution in [0.15, 0.2) is 30.3 Å². The minimum Gasteiger partial charge on any atom is -0.461 e. The summed E-state index contributed by atoms with van der Waals surface area (Å²) < 4.78 is 8.91. The van der Waals surface area contributed by atoms with E-state index in [-0.39, 0.29) is 5.97 Å². The fourth-order valence-corrected chi connectivity index (χ4v) is 1.95. The van der Waals surface area contributed by atoms with E-state index in [0.29, 0.717) is 17.2 Å². The molecule has 0 spiro atoms. The molecule has 88 valence electrons. The first-order valence-corrected chi connectivity index (χ1v) is 6.15. The average molecular weight is 248 g/mol. The van der Waals surface area contributed by atoms with E-state index in [9.17, 15) is 4.79 Å². The Hall–Kier alpha value is -1.75. The lowest BCUT2D eigenvalue weighted by Crippen LogP contribution is -2.05. The lowest BCUT2D eigenvalue weighted by atomic mass is 10.1. The molecule has 0 aliphatic rings. The highest BCUT2D eigenvalue weighted by Crippen LogP contribution is 2.24. The van der Waals surface area contributed by atoms with Crippen LogP contribution in [0.25, 0.3) is 11.3 Å². The third-order valence-corrected chi connectivity index (χ3v) is 2.86. The topological polar surface area (TPSA) is 52.1 Å². The molecule has 0 unspecified atom stereocenters. The van der Waals surface area contributed by atoms with Crippen molar-refractivity contribution in [3.8, 4) is 11.3 Å². The predicted molar refractivity (Wildman–Crippen MR) is 65.9 cm³/mol. The zero-order valence-corrected chi connectivity index (χ0v) is 10.2. The van der Waals surface area contributed by atoms with Crippen molar-refractivity contribution in [3.05, 3.63) is 35.2 Å². The van der Waals surface area contributed by atoms with E-state index in [1.54, 1.807) is 0 Å². The maximum Gasteiger partial charge on any atom is 0.352 e. The number of nitrogens with zero attached hydrogens (tertiary/aromatic N) is 2. The van der Waals surface area contributed by atoms with Crippen molar-refractivity contribution in [2.45, 2.75) is 13.3 Å². The number of esters is 1. The molecule has 1 aromatic carbocycles. The van der Waals surface area contributed by atoms with Gasteiger partial charge in [-0.15, -0.1) is 5.10 Å². The predicted octanol–water partition coefficient (Wildman–Crippen LogP) is 2.77. The molecule has 0 saturated carbocycles. The van der Waals surface area contributed by atoms with Crippen molar-refractivity contribution in [2.24, 2.45) is 0 Å². The van der Waals surface area contributed by atoms with Crippen LogP contribution in [0, 0.1) is 0 Å². The maximum absolute atomic E-state index is 11.8. The number of carbonyl (C=O) groups excluding carboxylic acids is 1. The molecule has 0 aliphatic heterocycles. The van der Waals surface area contributed by atoms with E-state index in [0.717, 1.165) is 23.5 Å². The Kier molecular flexibility index (Phi) is 3.82. The van der Waals surface area contributed by atoms with Crippen molar-refractivity contribution in [3.63, 3.8) is 0 Å². The first-order chi connectivity index (χ1) is 8.33. The summed E-state index contributed by atoms with van der Waals surface area (Å²) in [4.78, 5) is 12.2. The standard InChI is InChI=1S/C12H12N2O2S/c1-2-8-16-12(15)11-10(13-14-17-11)9-6-4-3-5-7-9/h3-7H,2,8H2,1H3. The fourth-order valence-electron chi connectivity index (χ4n) is 1.37. The van der Waals surface area contributed by atoms with E-state index in [2.05, 4.69) is 9.59 Å². The zero-order chi connectivity index (χ0) is 12.1. The summed E-state index contributed by atoms with van der Waals surface area (Å²) >= 11 is 1.07. The van der Waals surface area contributed by atoms with Gasteiger partial charge in [-0.25, -0.2) is 4.79 Å². The van der Waals surface area contributed by atoms with Crippen molar-refractivity contribution in [2.75, 3.05) is 6.61 Å². The number of ether oxygens (including phenoxy) is 1. The quantitative estimate of drug-likeness (QED) is 0.781. The molecule has 0 saturated heterocycles. The summed E-state index contributed by atoms with van der Waals surface area (Å²) in [5.41, 5.74) is 1.47. The lowest BCUT2D eigenvalue weighted by molar-refractivity contribution is 0.0511. The van der Waals surface area contributed by atoms with E-state index in [1.807, 2.05) is 37.3 Å². The summed E-state index contributed by atoms with van der Waals surface area (Å²) in [6.07, 6.45) is 0.804. The minimum atomic E-state index is -0.347. The molecule has 4 nitrogen and oxygen atoms in total. The van der Waals surface area contributed by atoms with Crippen molar-refractivity contribution < 1.29 is 9.53 Å². The molecule has 2 aromatic rings. The van der Waals surface area contributed by atoms with Gasteiger partial charge in [-0.1, -0.05) is 41.7 Å². The van der Waals surface area contributed by atoms with Gasteiger partial charge in [-0.05, 0) is 18.0 Å². The van der Waals surface area contributed by atoms with Gasteiger partial charge in [0.15, 0.2) is 4.88 Å². The molecule has 0 aliphatic carbocycles. The Labute approximate surface area is 103 Å². The summed E-state index contributed by atoms with van der Waals surface area (Å²) in [5, 5.41) is 3.98. The van der Waals surface area contributed by atoms with Crippen molar-refractivity contribution in [1.82, 2.24) is 9.59 Å². The van der Waals surface area contributed by atoms with Crippen LogP contribution in [0.4, 0.5) is 0 Å². The molecule has 5 heteroatoms. The summed E-state index contributed by atoms with van der Waals surface area (Å²) in [6, 6.07) is 9.50. The van der Waals surface area contributed by atoms with E-state index in [1.165, 1.54) is 0 Å². The second-order valence-electron chi connectivity index (χ2n) is 3.45. The molecule has 0 bridgehead atoms. The monoisotopic (exact) mass is 248 g/mol. The summed E-state index contributed by atoms with van der Waals surface area (Å²) in [5.74, 6) is -0.347. The molecule has 0 N–H and O–H groups in total. The number of aromatic nitrogens is 2. The molecule has 1 heterocycles. The lowest BCUT2D eigenvalue weighted by Gasteiger charge is -2.02. The SMILES string of the molecule is CCCOC(=O)c1snnc1-c1ccccc1.